The van der Waals surface area contributed by atoms with Crippen LogP contribution in [0.2, 0.25) is 0 Å². The van der Waals surface area contributed by atoms with Gasteiger partial charge in [0.15, 0.2) is 11.5 Å². The SMILES string of the molecule is COc1cc2c(cc1OC)[C@H](c1ccccc1)N(CC(=O)N[C@@](C)(C#N)C1CC1)CC2. The topological polar surface area (TPSA) is 74.6 Å². The second-order valence-corrected chi connectivity index (χ2v) is 8.58. The predicted molar refractivity (Wildman–Crippen MR) is 118 cm³/mol. The average Bonchev–Trinajstić information content (AvgIpc) is 3.64. The van der Waals surface area contributed by atoms with Crippen molar-refractivity contribution in [2.75, 3.05) is 27.3 Å². The van der Waals surface area contributed by atoms with E-state index >= 15 is 0 Å². The zero-order chi connectivity index (χ0) is 22.0. The number of carbonyl (C=O) groups excluding carboxylic acids is 1. The van der Waals surface area contributed by atoms with Crippen LogP contribution < -0.4 is 14.8 Å². The Morgan fingerprint density at radius 2 is 1.87 bits per heavy atom. The number of nitrogens with zero attached hydrogens (tertiary/aromatic N) is 2. The van der Waals surface area contributed by atoms with Gasteiger partial charge in [0.05, 0.1) is 32.9 Å². The molecule has 0 radical (unpaired) electrons. The standard InChI is InChI=1S/C25H29N3O3/c1-25(16-26,19-9-10-19)27-23(29)15-28-12-11-18-13-21(30-2)22(31-3)14-20(18)24(28)17-7-5-4-6-8-17/h4-8,13-14,19,24H,9-12,15H2,1-3H3,(H,27,29)/t24-,25-/m0/s1. The molecular formula is C25H29N3O3. The number of fused-ring (bicyclic) bond motifs is 1. The molecule has 0 spiro atoms. The van der Waals surface area contributed by atoms with Crippen LogP contribution >= 0.6 is 0 Å². The average molecular weight is 420 g/mol. The van der Waals surface area contributed by atoms with Gasteiger partial charge in [-0.25, -0.2) is 0 Å². The fourth-order valence-electron chi connectivity index (χ4n) is 4.59. The van der Waals surface area contributed by atoms with Crippen LogP contribution in [0.4, 0.5) is 0 Å². The summed E-state index contributed by atoms with van der Waals surface area (Å²) in [5.74, 6) is 1.54. The lowest BCUT2D eigenvalue weighted by Crippen LogP contribution is -2.51. The lowest BCUT2D eigenvalue weighted by Gasteiger charge is -2.38. The molecule has 0 bridgehead atoms. The van der Waals surface area contributed by atoms with Crippen LogP contribution in [-0.2, 0) is 11.2 Å². The van der Waals surface area contributed by atoms with Gasteiger partial charge in [-0.3, -0.25) is 9.69 Å². The second-order valence-electron chi connectivity index (χ2n) is 8.58. The molecular weight excluding hydrogens is 390 g/mol. The van der Waals surface area contributed by atoms with E-state index in [0.717, 1.165) is 36.9 Å². The van der Waals surface area contributed by atoms with E-state index in [1.165, 1.54) is 5.56 Å². The van der Waals surface area contributed by atoms with Crippen molar-refractivity contribution < 1.29 is 14.3 Å². The molecule has 2 aromatic rings. The Hall–Kier alpha value is -3.04. The van der Waals surface area contributed by atoms with Crippen molar-refractivity contribution in [3.8, 4) is 17.6 Å². The minimum Gasteiger partial charge on any atom is -0.493 e. The van der Waals surface area contributed by atoms with E-state index in [1.54, 1.807) is 14.2 Å². The van der Waals surface area contributed by atoms with E-state index in [1.807, 2.05) is 37.3 Å². The van der Waals surface area contributed by atoms with E-state index in [-0.39, 0.29) is 24.4 Å². The molecule has 0 unspecified atom stereocenters. The summed E-state index contributed by atoms with van der Waals surface area (Å²) >= 11 is 0. The first-order chi connectivity index (χ1) is 15.0. The first-order valence-electron chi connectivity index (χ1n) is 10.7. The summed E-state index contributed by atoms with van der Waals surface area (Å²) in [7, 11) is 3.28. The Labute approximate surface area is 183 Å². The van der Waals surface area contributed by atoms with Crippen LogP contribution in [0.3, 0.4) is 0 Å². The van der Waals surface area contributed by atoms with Crippen LogP contribution in [0.25, 0.3) is 0 Å². The third kappa shape index (κ3) is 4.24. The number of hydrogen-bond acceptors (Lipinski definition) is 5. The summed E-state index contributed by atoms with van der Waals surface area (Å²) < 4.78 is 11.1. The molecule has 0 aromatic heterocycles. The van der Waals surface area contributed by atoms with Crippen molar-refractivity contribution in [1.82, 2.24) is 10.2 Å². The monoisotopic (exact) mass is 419 g/mol. The van der Waals surface area contributed by atoms with Crippen molar-refractivity contribution in [3.63, 3.8) is 0 Å². The van der Waals surface area contributed by atoms with Gasteiger partial charge in [0.1, 0.15) is 5.54 Å². The lowest BCUT2D eigenvalue weighted by molar-refractivity contribution is -0.124. The third-order valence-electron chi connectivity index (χ3n) is 6.46. The zero-order valence-electron chi connectivity index (χ0n) is 18.4. The smallest absolute Gasteiger partial charge is 0.235 e. The van der Waals surface area contributed by atoms with E-state index < -0.39 is 5.54 Å². The van der Waals surface area contributed by atoms with Crippen LogP contribution in [0, 0.1) is 17.2 Å². The maximum absolute atomic E-state index is 13.0. The number of ether oxygens (including phenoxy) is 2. The van der Waals surface area contributed by atoms with E-state index in [9.17, 15) is 10.1 Å². The number of nitrogens with one attached hydrogen (secondary N) is 1. The summed E-state index contributed by atoms with van der Waals surface area (Å²) in [6.07, 6.45) is 2.80. The zero-order valence-corrected chi connectivity index (χ0v) is 18.4. The number of nitriles is 1. The third-order valence-corrected chi connectivity index (χ3v) is 6.46. The van der Waals surface area contributed by atoms with Crippen molar-refractivity contribution in [3.05, 3.63) is 59.2 Å². The molecule has 2 atom stereocenters. The summed E-state index contributed by atoms with van der Waals surface area (Å²) in [6.45, 7) is 2.80. The summed E-state index contributed by atoms with van der Waals surface area (Å²) in [6, 6.07) is 16.5. The van der Waals surface area contributed by atoms with Gasteiger partial charge in [-0.05, 0) is 60.9 Å². The van der Waals surface area contributed by atoms with Crippen molar-refractivity contribution in [2.24, 2.45) is 5.92 Å². The lowest BCUT2D eigenvalue weighted by atomic mass is 9.87. The Morgan fingerprint density at radius 1 is 1.19 bits per heavy atom. The molecule has 1 heterocycles. The molecule has 2 aromatic carbocycles. The largest absolute Gasteiger partial charge is 0.493 e. The Balaban J connectivity index is 1.65. The summed E-state index contributed by atoms with van der Waals surface area (Å²) in [5.41, 5.74) is 2.65. The molecule has 2 aliphatic rings. The highest BCUT2D eigenvalue weighted by atomic mass is 16.5. The molecule has 0 saturated heterocycles. The second kappa shape index (κ2) is 8.60. The molecule has 1 amide bonds. The molecule has 6 nitrogen and oxygen atoms in total. The fourth-order valence-corrected chi connectivity index (χ4v) is 4.59. The van der Waals surface area contributed by atoms with Crippen LogP contribution in [-0.4, -0.2) is 43.7 Å². The molecule has 31 heavy (non-hydrogen) atoms. The van der Waals surface area contributed by atoms with Crippen molar-refractivity contribution in [2.45, 2.75) is 37.8 Å². The van der Waals surface area contributed by atoms with Gasteiger partial charge >= 0.3 is 0 Å². The van der Waals surface area contributed by atoms with Gasteiger partial charge in [0.2, 0.25) is 5.91 Å². The molecule has 162 valence electrons. The predicted octanol–water partition coefficient (Wildman–Crippen LogP) is 3.46. The molecule has 4 rings (SSSR count). The number of benzene rings is 2. The highest BCUT2D eigenvalue weighted by Crippen LogP contribution is 2.41. The first-order valence-corrected chi connectivity index (χ1v) is 10.7. The maximum Gasteiger partial charge on any atom is 0.235 e. The molecule has 1 fully saturated rings. The van der Waals surface area contributed by atoms with Crippen LogP contribution in [0.5, 0.6) is 11.5 Å². The number of hydrogen-bond donors (Lipinski definition) is 1. The number of carbonyl (C=O) groups is 1. The van der Waals surface area contributed by atoms with Gasteiger partial charge in [0.25, 0.3) is 0 Å². The van der Waals surface area contributed by atoms with Gasteiger partial charge in [-0.1, -0.05) is 30.3 Å². The molecule has 6 heteroatoms. The van der Waals surface area contributed by atoms with E-state index in [4.69, 9.17) is 9.47 Å². The van der Waals surface area contributed by atoms with Crippen LogP contribution in [0.1, 0.15) is 42.5 Å². The Bertz CT molecular complexity index is 997. The van der Waals surface area contributed by atoms with E-state index in [0.29, 0.717) is 11.5 Å². The quantitative estimate of drug-likeness (QED) is 0.744. The Kier molecular flexibility index (Phi) is 5.88. The number of amides is 1. The molecule has 1 aliphatic carbocycles. The molecule has 1 saturated carbocycles. The minimum atomic E-state index is -0.788. The van der Waals surface area contributed by atoms with Crippen molar-refractivity contribution >= 4 is 5.91 Å². The molecule has 1 N–H and O–H groups in total. The highest BCUT2D eigenvalue weighted by molar-refractivity contribution is 5.79. The van der Waals surface area contributed by atoms with Gasteiger partial charge in [-0.2, -0.15) is 5.26 Å². The minimum absolute atomic E-state index is 0.0789. The normalized spacial score (nSPS) is 20.1. The number of rotatable bonds is 7. The van der Waals surface area contributed by atoms with Gasteiger partial charge in [-0.15, -0.1) is 0 Å². The first kappa shape index (κ1) is 21.2. The number of methoxy groups -OCH3 is 2. The molecule has 1 aliphatic heterocycles. The highest BCUT2D eigenvalue weighted by Gasteiger charge is 2.43. The fraction of sp³-hybridized carbons (Fsp3) is 0.440. The van der Waals surface area contributed by atoms with Crippen molar-refractivity contribution in [1.29, 1.82) is 5.26 Å². The van der Waals surface area contributed by atoms with Gasteiger partial charge < -0.3 is 14.8 Å². The summed E-state index contributed by atoms with van der Waals surface area (Å²) in [5, 5.41) is 12.6. The van der Waals surface area contributed by atoms with Crippen LogP contribution in [0.15, 0.2) is 42.5 Å². The maximum atomic E-state index is 13.0. The Morgan fingerprint density at radius 3 is 2.48 bits per heavy atom. The summed E-state index contributed by atoms with van der Waals surface area (Å²) in [4.78, 5) is 15.2. The van der Waals surface area contributed by atoms with Gasteiger partial charge in [0, 0.05) is 6.54 Å². The van der Waals surface area contributed by atoms with E-state index in [2.05, 4.69) is 28.4 Å².